The molecular weight excluding hydrogens is 262 g/mol. The average Bonchev–Trinajstić information content (AvgIpc) is 2.71. The first kappa shape index (κ1) is 16.4. The zero-order valence-corrected chi connectivity index (χ0v) is 13.4. The number of halogens is 1. The zero-order chi connectivity index (χ0) is 13.3. The Bertz CT molecular complexity index is 398. The molecule has 6 heteroatoms. The highest BCUT2D eigenvalue weighted by Crippen LogP contribution is 2.14. The van der Waals surface area contributed by atoms with Gasteiger partial charge in [-0.1, -0.05) is 5.21 Å². The van der Waals surface area contributed by atoms with Gasteiger partial charge in [-0.3, -0.25) is 4.90 Å². The van der Waals surface area contributed by atoms with Gasteiger partial charge in [0.1, 0.15) is 0 Å². The molecule has 5 nitrogen and oxygen atoms in total. The summed E-state index contributed by atoms with van der Waals surface area (Å²) in [7, 11) is 0. The lowest BCUT2D eigenvalue weighted by Gasteiger charge is -2.36. The second-order valence-electron chi connectivity index (χ2n) is 6.41. The molecule has 0 bridgehead atoms. The predicted octanol–water partition coefficient (Wildman–Crippen LogP) is 1.64. The molecule has 0 spiro atoms. The molecule has 2 heterocycles. The Balaban J connectivity index is 0.00000180. The third-order valence-corrected chi connectivity index (χ3v) is 3.49. The molecule has 1 aliphatic heterocycles. The van der Waals surface area contributed by atoms with E-state index in [9.17, 15) is 0 Å². The van der Waals surface area contributed by atoms with E-state index in [0.717, 1.165) is 25.3 Å². The molecule has 1 aliphatic rings. The van der Waals surface area contributed by atoms with Gasteiger partial charge in [-0.15, -0.1) is 17.5 Å². The summed E-state index contributed by atoms with van der Waals surface area (Å²) in [5.41, 5.74) is 1.07. The van der Waals surface area contributed by atoms with E-state index < -0.39 is 0 Å². The smallest absolute Gasteiger partial charge is 0.0967 e. The van der Waals surface area contributed by atoms with E-state index in [0.29, 0.717) is 12.1 Å². The van der Waals surface area contributed by atoms with Crippen molar-refractivity contribution in [1.82, 2.24) is 25.2 Å². The maximum absolute atomic E-state index is 4.29. The second kappa shape index (κ2) is 6.20. The Labute approximate surface area is 122 Å². The lowest BCUT2D eigenvalue weighted by Crippen LogP contribution is -2.53. The van der Waals surface area contributed by atoms with Crippen LogP contribution < -0.4 is 5.32 Å². The first-order chi connectivity index (χ1) is 8.36. The molecule has 0 aliphatic carbocycles. The topological polar surface area (TPSA) is 46.0 Å². The van der Waals surface area contributed by atoms with Crippen LogP contribution in [0.2, 0.25) is 0 Å². The van der Waals surface area contributed by atoms with Crippen molar-refractivity contribution in [2.45, 2.75) is 58.8 Å². The van der Waals surface area contributed by atoms with Gasteiger partial charge in [0.05, 0.1) is 17.4 Å². The molecule has 2 atom stereocenters. The van der Waals surface area contributed by atoms with Crippen LogP contribution in [0.1, 0.15) is 40.3 Å². The van der Waals surface area contributed by atoms with Crippen LogP contribution in [0.25, 0.3) is 0 Å². The lowest BCUT2D eigenvalue weighted by molar-refractivity contribution is 0.137. The van der Waals surface area contributed by atoms with Gasteiger partial charge in [-0.25, -0.2) is 4.68 Å². The number of rotatable bonds is 2. The maximum Gasteiger partial charge on any atom is 0.0967 e. The highest BCUT2D eigenvalue weighted by Gasteiger charge is 2.23. The van der Waals surface area contributed by atoms with Crippen LogP contribution in [0, 0.1) is 0 Å². The van der Waals surface area contributed by atoms with Crippen molar-refractivity contribution in [3.63, 3.8) is 0 Å². The third kappa shape index (κ3) is 4.16. The molecule has 0 radical (unpaired) electrons. The molecular formula is C13H26ClN5. The molecule has 1 aromatic rings. The molecule has 19 heavy (non-hydrogen) atoms. The second-order valence-corrected chi connectivity index (χ2v) is 6.41. The number of aromatic nitrogens is 3. The van der Waals surface area contributed by atoms with Crippen LogP contribution in [0.3, 0.4) is 0 Å². The van der Waals surface area contributed by atoms with Crippen molar-refractivity contribution in [1.29, 1.82) is 0 Å². The summed E-state index contributed by atoms with van der Waals surface area (Å²) in [6, 6.07) is 1.11. The van der Waals surface area contributed by atoms with Gasteiger partial charge in [0.2, 0.25) is 0 Å². The minimum atomic E-state index is 0. The van der Waals surface area contributed by atoms with Gasteiger partial charge in [0.25, 0.3) is 0 Å². The molecule has 0 amide bonds. The first-order valence-corrected chi connectivity index (χ1v) is 6.75. The van der Waals surface area contributed by atoms with Gasteiger partial charge in [-0.2, -0.15) is 0 Å². The van der Waals surface area contributed by atoms with Gasteiger partial charge >= 0.3 is 0 Å². The van der Waals surface area contributed by atoms with Crippen LogP contribution in [0.5, 0.6) is 0 Å². The van der Waals surface area contributed by atoms with E-state index >= 15 is 0 Å². The van der Waals surface area contributed by atoms with Crippen LogP contribution >= 0.6 is 12.4 Å². The summed E-state index contributed by atoms with van der Waals surface area (Å²) < 4.78 is 1.94. The Kier molecular flexibility index (Phi) is 5.35. The summed E-state index contributed by atoms with van der Waals surface area (Å²) in [4.78, 5) is 2.47. The highest BCUT2D eigenvalue weighted by atomic mass is 35.5. The van der Waals surface area contributed by atoms with Crippen molar-refractivity contribution >= 4 is 12.4 Å². The van der Waals surface area contributed by atoms with E-state index in [1.165, 1.54) is 0 Å². The molecule has 2 rings (SSSR count). The Morgan fingerprint density at radius 1 is 1.37 bits per heavy atom. The van der Waals surface area contributed by atoms with Gasteiger partial charge in [0, 0.05) is 31.7 Å². The molecule has 2 unspecified atom stereocenters. The Morgan fingerprint density at radius 2 is 2.05 bits per heavy atom. The summed E-state index contributed by atoms with van der Waals surface area (Å²) in [6.07, 6.45) is 2.07. The molecule has 1 aromatic heterocycles. The Morgan fingerprint density at radius 3 is 2.63 bits per heavy atom. The zero-order valence-electron chi connectivity index (χ0n) is 12.6. The standard InChI is InChI=1S/C13H25N5.ClH/c1-10-7-17(11(2)6-14-10)8-12-9-18(16-15-12)13(3,4)5;/h9-11,14H,6-8H2,1-5H3;1H. The number of hydrogen-bond donors (Lipinski definition) is 1. The van der Waals surface area contributed by atoms with Crippen LogP contribution in [-0.2, 0) is 12.1 Å². The van der Waals surface area contributed by atoms with Crippen LogP contribution in [0.4, 0.5) is 0 Å². The summed E-state index contributed by atoms with van der Waals surface area (Å²) in [5.74, 6) is 0. The monoisotopic (exact) mass is 287 g/mol. The van der Waals surface area contributed by atoms with Crippen molar-refractivity contribution in [2.24, 2.45) is 0 Å². The van der Waals surface area contributed by atoms with Crippen molar-refractivity contribution in [3.8, 4) is 0 Å². The molecule has 0 saturated carbocycles. The summed E-state index contributed by atoms with van der Waals surface area (Å²) in [5, 5.41) is 12.0. The van der Waals surface area contributed by atoms with E-state index in [1.807, 2.05) is 4.68 Å². The molecule has 1 N–H and O–H groups in total. The number of hydrogen-bond acceptors (Lipinski definition) is 4. The van der Waals surface area contributed by atoms with E-state index in [1.54, 1.807) is 0 Å². The fourth-order valence-electron chi connectivity index (χ4n) is 2.22. The van der Waals surface area contributed by atoms with Crippen molar-refractivity contribution < 1.29 is 0 Å². The Hall–Kier alpha value is -0.650. The van der Waals surface area contributed by atoms with Gasteiger partial charge < -0.3 is 5.32 Å². The lowest BCUT2D eigenvalue weighted by atomic mass is 10.1. The highest BCUT2D eigenvalue weighted by molar-refractivity contribution is 5.85. The average molecular weight is 288 g/mol. The van der Waals surface area contributed by atoms with Crippen LogP contribution in [0.15, 0.2) is 6.20 Å². The summed E-state index contributed by atoms with van der Waals surface area (Å²) >= 11 is 0. The number of nitrogens with one attached hydrogen (secondary N) is 1. The van der Waals surface area contributed by atoms with Gasteiger partial charge in [-0.05, 0) is 34.6 Å². The van der Waals surface area contributed by atoms with Gasteiger partial charge in [0.15, 0.2) is 0 Å². The van der Waals surface area contributed by atoms with Crippen LogP contribution in [-0.4, -0.2) is 45.1 Å². The largest absolute Gasteiger partial charge is 0.311 e. The predicted molar refractivity (Wildman–Crippen MR) is 79.6 cm³/mol. The fraction of sp³-hybridized carbons (Fsp3) is 0.846. The quantitative estimate of drug-likeness (QED) is 0.898. The van der Waals surface area contributed by atoms with E-state index in [4.69, 9.17) is 0 Å². The minimum absolute atomic E-state index is 0. The SMILES string of the molecule is CC1CN(Cc2cn(C(C)(C)C)nn2)C(C)CN1.Cl. The first-order valence-electron chi connectivity index (χ1n) is 6.75. The fourth-order valence-corrected chi connectivity index (χ4v) is 2.22. The minimum Gasteiger partial charge on any atom is -0.311 e. The maximum atomic E-state index is 4.29. The normalized spacial score (nSPS) is 25.1. The molecule has 1 saturated heterocycles. The van der Waals surface area contributed by atoms with E-state index in [-0.39, 0.29) is 17.9 Å². The molecule has 0 aromatic carbocycles. The number of piperazine rings is 1. The number of nitrogens with zero attached hydrogens (tertiary/aromatic N) is 4. The third-order valence-electron chi connectivity index (χ3n) is 3.49. The molecule has 110 valence electrons. The van der Waals surface area contributed by atoms with E-state index in [2.05, 4.69) is 61.3 Å². The summed E-state index contributed by atoms with van der Waals surface area (Å²) in [6.45, 7) is 13.9. The van der Waals surface area contributed by atoms with Crippen molar-refractivity contribution in [2.75, 3.05) is 13.1 Å². The van der Waals surface area contributed by atoms with Crippen molar-refractivity contribution in [3.05, 3.63) is 11.9 Å². The molecule has 1 fully saturated rings.